The van der Waals surface area contributed by atoms with Crippen molar-refractivity contribution in [3.8, 4) is 0 Å². The van der Waals surface area contributed by atoms with Crippen LogP contribution in [0.1, 0.15) is 12.0 Å². The number of aliphatic hydroxyl groups is 1. The number of nitrogens with zero attached hydrogens (tertiary/aromatic N) is 1. The summed E-state index contributed by atoms with van der Waals surface area (Å²) in [5, 5.41) is 15.4. The maximum absolute atomic E-state index is 9.31. The molecule has 1 heterocycles. The Morgan fingerprint density at radius 1 is 0.760 bits per heavy atom. The van der Waals surface area contributed by atoms with Crippen LogP contribution in [-0.2, 0) is 6.42 Å². The summed E-state index contributed by atoms with van der Waals surface area (Å²) in [6.45, 7) is 0.215. The summed E-state index contributed by atoms with van der Waals surface area (Å²) in [7, 11) is 0. The molecule has 0 fully saturated rings. The molecule has 25 heavy (non-hydrogen) atoms. The molecule has 0 saturated heterocycles. The van der Waals surface area contributed by atoms with Crippen molar-refractivity contribution in [2.24, 2.45) is 0 Å². The number of fused-ring (bicyclic) bond motifs is 2. The molecule has 3 heteroatoms. The van der Waals surface area contributed by atoms with Crippen molar-refractivity contribution >= 4 is 33.3 Å². The summed E-state index contributed by atoms with van der Waals surface area (Å²) in [4.78, 5) is 5.74. The average molecular weight is 345 g/mol. The van der Waals surface area contributed by atoms with E-state index in [2.05, 4.69) is 53.5 Å². The fraction of sp³-hybridized carbons (Fsp3) is 0.136. The van der Waals surface area contributed by atoms with Gasteiger partial charge in [0.15, 0.2) is 0 Å². The first-order valence-electron chi connectivity index (χ1n) is 8.50. The monoisotopic (exact) mass is 345 g/mol. The van der Waals surface area contributed by atoms with Crippen LogP contribution in [0.15, 0.2) is 82.8 Å². The zero-order chi connectivity index (χ0) is 17.1. The minimum Gasteiger partial charge on any atom is -0.396 e. The first-order valence-corrected chi connectivity index (χ1v) is 9.32. The van der Waals surface area contributed by atoms with E-state index in [0.29, 0.717) is 0 Å². The molecule has 1 N–H and O–H groups in total. The molecular weight excluding hydrogens is 326 g/mol. The number of hydrogen-bond donors (Lipinski definition) is 1. The molecule has 0 aliphatic heterocycles. The lowest BCUT2D eigenvalue weighted by Crippen LogP contribution is -1.95. The predicted molar refractivity (Wildman–Crippen MR) is 105 cm³/mol. The average Bonchev–Trinajstić information content (AvgIpc) is 2.68. The van der Waals surface area contributed by atoms with Gasteiger partial charge in [-0.05, 0) is 52.1 Å². The third-order valence-electron chi connectivity index (χ3n) is 4.42. The molecule has 124 valence electrons. The Hall–Kier alpha value is -2.36. The Morgan fingerprint density at radius 3 is 1.92 bits per heavy atom. The second kappa shape index (κ2) is 7.26. The number of aliphatic hydroxyl groups excluding tert-OH is 1. The number of pyridine rings is 1. The molecule has 0 spiro atoms. The molecule has 0 radical (unpaired) electrons. The minimum absolute atomic E-state index is 0.215. The molecule has 4 rings (SSSR count). The van der Waals surface area contributed by atoms with Gasteiger partial charge in [0, 0.05) is 17.7 Å². The van der Waals surface area contributed by atoms with Gasteiger partial charge in [-0.2, -0.15) is 0 Å². The third-order valence-corrected chi connectivity index (χ3v) is 5.52. The van der Waals surface area contributed by atoms with E-state index in [1.807, 2.05) is 24.4 Å². The Labute approximate surface area is 151 Å². The quantitative estimate of drug-likeness (QED) is 0.487. The normalized spacial score (nSPS) is 11.2. The van der Waals surface area contributed by atoms with E-state index in [4.69, 9.17) is 0 Å². The van der Waals surface area contributed by atoms with Crippen LogP contribution >= 0.6 is 11.8 Å². The van der Waals surface area contributed by atoms with Gasteiger partial charge in [-0.15, -0.1) is 0 Å². The highest BCUT2D eigenvalue weighted by Crippen LogP contribution is 2.41. The van der Waals surface area contributed by atoms with Crippen LogP contribution in [0.3, 0.4) is 0 Å². The Morgan fingerprint density at radius 2 is 1.36 bits per heavy atom. The van der Waals surface area contributed by atoms with E-state index in [0.717, 1.165) is 17.9 Å². The Bertz CT molecular complexity index is 957. The molecule has 0 atom stereocenters. The van der Waals surface area contributed by atoms with E-state index in [-0.39, 0.29) is 6.61 Å². The summed E-state index contributed by atoms with van der Waals surface area (Å²) in [5.41, 5.74) is 1.32. The molecule has 2 nitrogen and oxygen atoms in total. The lowest BCUT2D eigenvalue weighted by atomic mass is 9.94. The third kappa shape index (κ3) is 3.13. The number of benzene rings is 3. The van der Waals surface area contributed by atoms with Gasteiger partial charge < -0.3 is 5.11 Å². The number of rotatable bonds is 5. The van der Waals surface area contributed by atoms with Crippen LogP contribution < -0.4 is 0 Å². The van der Waals surface area contributed by atoms with E-state index in [1.165, 1.54) is 32.0 Å². The minimum atomic E-state index is 0.215. The Balaban J connectivity index is 2.00. The van der Waals surface area contributed by atoms with Gasteiger partial charge in [0.25, 0.3) is 0 Å². The predicted octanol–water partition coefficient (Wildman–Crippen LogP) is 5.46. The van der Waals surface area contributed by atoms with Crippen molar-refractivity contribution in [1.82, 2.24) is 4.98 Å². The standard InChI is InChI=1S/C22H19NOS/c24-15-7-12-16-17-8-1-3-10-19(17)22(20-11-4-2-9-18(16)20)25-21-13-5-6-14-23-21/h1-6,8-11,13-14,24H,7,12,15H2. The highest BCUT2D eigenvalue weighted by molar-refractivity contribution is 7.99. The molecule has 0 unspecified atom stereocenters. The summed E-state index contributed by atoms with van der Waals surface area (Å²) >= 11 is 1.72. The van der Waals surface area contributed by atoms with Crippen LogP contribution in [0.2, 0.25) is 0 Å². The van der Waals surface area contributed by atoms with E-state index in [9.17, 15) is 5.11 Å². The van der Waals surface area contributed by atoms with Gasteiger partial charge in [-0.3, -0.25) is 0 Å². The van der Waals surface area contributed by atoms with E-state index >= 15 is 0 Å². The van der Waals surface area contributed by atoms with Crippen LogP contribution in [0.5, 0.6) is 0 Å². The summed E-state index contributed by atoms with van der Waals surface area (Å²) in [6, 6.07) is 23.1. The summed E-state index contributed by atoms with van der Waals surface area (Å²) in [5.74, 6) is 0. The van der Waals surface area contributed by atoms with Gasteiger partial charge in [0.05, 0.1) is 0 Å². The van der Waals surface area contributed by atoms with Crippen LogP contribution in [0.4, 0.5) is 0 Å². The van der Waals surface area contributed by atoms with Crippen molar-refractivity contribution in [1.29, 1.82) is 0 Å². The molecule has 1 aromatic heterocycles. The molecule has 0 aliphatic carbocycles. The fourth-order valence-corrected chi connectivity index (χ4v) is 4.37. The van der Waals surface area contributed by atoms with Crippen LogP contribution in [-0.4, -0.2) is 16.7 Å². The SMILES string of the molecule is OCCCc1c2ccccc2c(Sc2ccccn2)c2ccccc12. The largest absolute Gasteiger partial charge is 0.396 e. The second-order valence-corrected chi connectivity index (χ2v) is 7.03. The van der Waals surface area contributed by atoms with Crippen LogP contribution in [0.25, 0.3) is 21.5 Å². The van der Waals surface area contributed by atoms with E-state index < -0.39 is 0 Å². The van der Waals surface area contributed by atoms with Gasteiger partial charge in [-0.1, -0.05) is 66.4 Å². The van der Waals surface area contributed by atoms with Crippen molar-refractivity contribution in [2.75, 3.05) is 6.61 Å². The van der Waals surface area contributed by atoms with Crippen molar-refractivity contribution in [3.63, 3.8) is 0 Å². The number of aryl methyl sites for hydroxylation is 1. The smallest absolute Gasteiger partial charge is 0.101 e. The maximum atomic E-state index is 9.31. The first-order chi connectivity index (χ1) is 12.4. The number of aromatic nitrogens is 1. The first kappa shape index (κ1) is 16.1. The van der Waals surface area contributed by atoms with E-state index in [1.54, 1.807) is 11.8 Å². The van der Waals surface area contributed by atoms with Gasteiger partial charge in [0.1, 0.15) is 5.03 Å². The van der Waals surface area contributed by atoms with Gasteiger partial charge in [0.2, 0.25) is 0 Å². The second-order valence-electron chi connectivity index (χ2n) is 6.00. The molecule has 0 saturated carbocycles. The lowest BCUT2D eigenvalue weighted by molar-refractivity contribution is 0.289. The highest BCUT2D eigenvalue weighted by Gasteiger charge is 2.14. The summed E-state index contributed by atoms with van der Waals surface area (Å²) < 4.78 is 0. The van der Waals surface area contributed by atoms with Crippen molar-refractivity contribution in [3.05, 3.63) is 78.5 Å². The molecule has 0 aliphatic rings. The molecule has 3 aromatic carbocycles. The zero-order valence-corrected chi connectivity index (χ0v) is 14.7. The lowest BCUT2D eigenvalue weighted by Gasteiger charge is -2.16. The molecule has 4 aromatic rings. The topological polar surface area (TPSA) is 33.1 Å². The van der Waals surface area contributed by atoms with Gasteiger partial charge >= 0.3 is 0 Å². The van der Waals surface area contributed by atoms with Crippen molar-refractivity contribution < 1.29 is 5.11 Å². The number of hydrogen-bond acceptors (Lipinski definition) is 3. The maximum Gasteiger partial charge on any atom is 0.101 e. The van der Waals surface area contributed by atoms with Crippen molar-refractivity contribution in [2.45, 2.75) is 22.8 Å². The molecular formula is C22H19NOS. The molecule has 0 amide bonds. The zero-order valence-electron chi connectivity index (χ0n) is 13.9. The highest BCUT2D eigenvalue weighted by atomic mass is 32.2. The molecule has 0 bridgehead atoms. The summed E-state index contributed by atoms with van der Waals surface area (Å²) in [6.07, 6.45) is 3.50. The van der Waals surface area contributed by atoms with Crippen LogP contribution in [0, 0.1) is 0 Å². The Kier molecular flexibility index (Phi) is 4.68. The van der Waals surface area contributed by atoms with Gasteiger partial charge in [-0.25, -0.2) is 4.98 Å². The fourth-order valence-electron chi connectivity index (χ4n) is 3.33.